The molecule has 3 rings (SSSR count). The van der Waals surface area contributed by atoms with E-state index in [1.807, 2.05) is 55.8 Å². The van der Waals surface area contributed by atoms with E-state index in [0.717, 1.165) is 22.2 Å². The molecule has 0 saturated heterocycles. The summed E-state index contributed by atoms with van der Waals surface area (Å²) in [5.41, 5.74) is 4.19. The second kappa shape index (κ2) is 6.87. The van der Waals surface area contributed by atoms with Crippen molar-refractivity contribution in [1.82, 2.24) is 14.5 Å². The molecule has 0 fully saturated rings. The lowest BCUT2D eigenvalue weighted by molar-refractivity contribution is -0.129. The van der Waals surface area contributed by atoms with Crippen molar-refractivity contribution < 1.29 is 4.79 Å². The number of nitrogens with zero attached hydrogens (tertiary/aromatic N) is 3. The van der Waals surface area contributed by atoms with Gasteiger partial charge in [0.25, 0.3) is 0 Å². The molecule has 4 heteroatoms. The molecule has 2 aromatic carbocycles. The molecule has 0 aliphatic heterocycles. The molecule has 0 aliphatic carbocycles. The van der Waals surface area contributed by atoms with Crippen LogP contribution < -0.4 is 0 Å². The number of hydrogen-bond acceptors (Lipinski definition) is 2. The molecule has 0 unspecified atom stereocenters. The number of aromatic nitrogens is 2. The number of carbonyl (C=O) groups excluding carboxylic acids is 1. The average Bonchev–Trinajstić information content (AvgIpc) is 2.99. The second-order valence-electron chi connectivity index (χ2n) is 6.48. The van der Waals surface area contributed by atoms with E-state index in [4.69, 9.17) is 0 Å². The first-order valence-electron chi connectivity index (χ1n) is 8.28. The zero-order chi connectivity index (χ0) is 17.1. The van der Waals surface area contributed by atoms with Gasteiger partial charge in [-0.05, 0) is 37.1 Å². The van der Waals surface area contributed by atoms with E-state index in [1.165, 1.54) is 0 Å². The van der Waals surface area contributed by atoms with Crippen LogP contribution in [0.1, 0.15) is 31.0 Å². The Morgan fingerprint density at radius 2 is 1.88 bits per heavy atom. The highest BCUT2D eigenvalue weighted by molar-refractivity contribution is 5.81. The van der Waals surface area contributed by atoms with Crippen LogP contribution in [0.5, 0.6) is 0 Å². The monoisotopic (exact) mass is 321 g/mol. The van der Waals surface area contributed by atoms with E-state index in [9.17, 15) is 4.79 Å². The Morgan fingerprint density at radius 1 is 1.12 bits per heavy atom. The molecule has 4 nitrogen and oxygen atoms in total. The quantitative estimate of drug-likeness (QED) is 0.716. The SMILES string of the molecule is CC(C)n1cnc2cc(CC(=O)N(C)Cc3ccccc3)ccc21. The molecule has 0 aliphatic rings. The van der Waals surface area contributed by atoms with Crippen molar-refractivity contribution in [3.05, 3.63) is 66.0 Å². The molecule has 1 aromatic heterocycles. The molecule has 0 atom stereocenters. The Balaban J connectivity index is 1.71. The van der Waals surface area contributed by atoms with E-state index in [0.29, 0.717) is 19.0 Å². The lowest BCUT2D eigenvalue weighted by Gasteiger charge is -2.17. The van der Waals surface area contributed by atoms with Crippen molar-refractivity contribution in [2.45, 2.75) is 32.9 Å². The van der Waals surface area contributed by atoms with Gasteiger partial charge >= 0.3 is 0 Å². The zero-order valence-corrected chi connectivity index (χ0v) is 14.4. The predicted molar refractivity (Wildman–Crippen MR) is 96.7 cm³/mol. The molecule has 124 valence electrons. The van der Waals surface area contributed by atoms with Crippen molar-refractivity contribution in [3.63, 3.8) is 0 Å². The Morgan fingerprint density at radius 3 is 2.58 bits per heavy atom. The number of benzene rings is 2. The van der Waals surface area contributed by atoms with Crippen molar-refractivity contribution in [3.8, 4) is 0 Å². The maximum atomic E-state index is 12.5. The lowest BCUT2D eigenvalue weighted by Crippen LogP contribution is -2.27. The fourth-order valence-corrected chi connectivity index (χ4v) is 2.85. The third-order valence-electron chi connectivity index (χ3n) is 4.24. The maximum absolute atomic E-state index is 12.5. The van der Waals surface area contributed by atoms with Gasteiger partial charge in [-0.1, -0.05) is 36.4 Å². The van der Waals surface area contributed by atoms with Crippen LogP contribution in [0.2, 0.25) is 0 Å². The minimum Gasteiger partial charge on any atom is -0.341 e. The highest BCUT2D eigenvalue weighted by Gasteiger charge is 2.12. The summed E-state index contributed by atoms with van der Waals surface area (Å²) in [6, 6.07) is 16.5. The first-order valence-corrected chi connectivity index (χ1v) is 8.28. The molecule has 0 N–H and O–H groups in total. The molecular formula is C20H23N3O. The van der Waals surface area contributed by atoms with Gasteiger partial charge in [-0.25, -0.2) is 4.98 Å². The Labute approximate surface area is 142 Å². The van der Waals surface area contributed by atoms with Gasteiger partial charge in [0.1, 0.15) is 0 Å². The zero-order valence-electron chi connectivity index (χ0n) is 14.4. The van der Waals surface area contributed by atoms with Crippen LogP contribution in [-0.4, -0.2) is 27.4 Å². The third kappa shape index (κ3) is 3.48. The maximum Gasteiger partial charge on any atom is 0.227 e. The summed E-state index contributed by atoms with van der Waals surface area (Å²) < 4.78 is 2.14. The molecule has 0 saturated carbocycles. The van der Waals surface area contributed by atoms with E-state index in [1.54, 1.807) is 4.90 Å². The van der Waals surface area contributed by atoms with E-state index < -0.39 is 0 Å². The number of likely N-dealkylation sites (N-methyl/N-ethyl adjacent to an activating group) is 1. The fourth-order valence-electron chi connectivity index (χ4n) is 2.85. The van der Waals surface area contributed by atoms with Gasteiger partial charge in [-0.2, -0.15) is 0 Å². The summed E-state index contributed by atoms with van der Waals surface area (Å²) in [4.78, 5) is 18.7. The minimum atomic E-state index is 0.112. The van der Waals surface area contributed by atoms with E-state index >= 15 is 0 Å². The molecule has 0 radical (unpaired) electrons. The topological polar surface area (TPSA) is 38.1 Å². The molecule has 0 spiro atoms. The van der Waals surface area contributed by atoms with Crippen LogP contribution >= 0.6 is 0 Å². The van der Waals surface area contributed by atoms with E-state index in [2.05, 4.69) is 29.5 Å². The smallest absolute Gasteiger partial charge is 0.227 e. The Bertz CT molecular complexity index is 836. The summed E-state index contributed by atoms with van der Waals surface area (Å²) in [6.07, 6.45) is 2.26. The van der Waals surface area contributed by atoms with Crippen LogP contribution in [-0.2, 0) is 17.8 Å². The number of rotatable bonds is 5. The molecule has 3 aromatic rings. The highest BCUT2D eigenvalue weighted by Crippen LogP contribution is 2.19. The summed E-state index contributed by atoms with van der Waals surface area (Å²) >= 11 is 0. The van der Waals surface area contributed by atoms with Gasteiger partial charge < -0.3 is 9.47 Å². The number of imidazole rings is 1. The molecule has 0 bridgehead atoms. The van der Waals surface area contributed by atoms with Crippen LogP contribution in [0.15, 0.2) is 54.9 Å². The first kappa shape index (κ1) is 16.2. The van der Waals surface area contributed by atoms with Gasteiger partial charge in [-0.15, -0.1) is 0 Å². The number of carbonyl (C=O) groups is 1. The predicted octanol–water partition coefficient (Wildman–Crippen LogP) is 3.82. The van der Waals surface area contributed by atoms with Crippen molar-refractivity contribution in [2.24, 2.45) is 0 Å². The Kier molecular flexibility index (Phi) is 4.65. The normalized spacial score (nSPS) is 11.2. The Hall–Kier alpha value is -2.62. The summed E-state index contributed by atoms with van der Waals surface area (Å²) in [5.74, 6) is 0.112. The third-order valence-corrected chi connectivity index (χ3v) is 4.24. The molecule has 24 heavy (non-hydrogen) atoms. The molecule has 1 heterocycles. The van der Waals surface area contributed by atoms with Crippen molar-refractivity contribution in [2.75, 3.05) is 7.05 Å². The van der Waals surface area contributed by atoms with Crippen LogP contribution in [0, 0.1) is 0 Å². The summed E-state index contributed by atoms with van der Waals surface area (Å²) in [6.45, 7) is 4.90. The molecular weight excluding hydrogens is 298 g/mol. The summed E-state index contributed by atoms with van der Waals surface area (Å²) in [7, 11) is 1.85. The van der Waals surface area contributed by atoms with Crippen molar-refractivity contribution in [1.29, 1.82) is 0 Å². The van der Waals surface area contributed by atoms with Crippen LogP contribution in [0.4, 0.5) is 0 Å². The summed E-state index contributed by atoms with van der Waals surface area (Å²) in [5, 5.41) is 0. The first-order chi connectivity index (χ1) is 11.5. The number of fused-ring (bicyclic) bond motifs is 1. The van der Waals surface area contributed by atoms with Gasteiger partial charge in [0.15, 0.2) is 0 Å². The fraction of sp³-hybridized carbons (Fsp3) is 0.300. The van der Waals surface area contributed by atoms with E-state index in [-0.39, 0.29) is 5.91 Å². The van der Waals surface area contributed by atoms with Gasteiger partial charge in [0, 0.05) is 19.6 Å². The van der Waals surface area contributed by atoms with Crippen molar-refractivity contribution >= 4 is 16.9 Å². The second-order valence-corrected chi connectivity index (χ2v) is 6.48. The van der Waals surface area contributed by atoms with Gasteiger partial charge in [0.05, 0.1) is 23.8 Å². The lowest BCUT2D eigenvalue weighted by atomic mass is 10.1. The van der Waals surface area contributed by atoms with Gasteiger partial charge in [-0.3, -0.25) is 4.79 Å². The minimum absolute atomic E-state index is 0.112. The number of hydrogen-bond donors (Lipinski definition) is 0. The van der Waals surface area contributed by atoms with Gasteiger partial charge in [0.2, 0.25) is 5.91 Å². The standard InChI is InChI=1S/C20H23N3O/c1-15(2)23-14-21-18-11-17(9-10-19(18)23)12-20(24)22(3)13-16-7-5-4-6-8-16/h4-11,14-15H,12-13H2,1-3H3. The highest BCUT2D eigenvalue weighted by atomic mass is 16.2. The average molecular weight is 321 g/mol. The number of amides is 1. The molecule has 1 amide bonds. The largest absolute Gasteiger partial charge is 0.341 e. The van der Waals surface area contributed by atoms with Crippen LogP contribution in [0.3, 0.4) is 0 Å². The van der Waals surface area contributed by atoms with Crippen LogP contribution in [0.25, 0.3) is 11.0 Å².